The van der Waals surface area contributed by atoms with Crippen LogP contribution in [0.5, 0.6) is 0 Å². The van der Waals surface area contributed by atoms with Crippen molar-refractivity contribution in [1.82, 2.24) is 15.1 Å². The van der Waals surface area contributed by atoms with E-state index >= 15 is 0 Å². The van der Waals surface area contributed by atoms with Crippen molar-refractivity contribution in [2.45, 2.75) is 6.92 Å². The van der Waals surface area contributed by atoms with E-state index in [1.54, 1.807) is 25.1 Å². The van der Waals surface area contributed by atoms with Gasteiger partial charge in [0.25, 0.3) is 5.91 Å². The average Bonchev–Trinajstić information content (AvgIpc) is 2.95. The molecule has 0 unspecified atom stereocenters. The van der Waals surface area contributed by atoms with Crippen LogP contribution in [0.4, 0.5) is 17.3 Å². The van der Waals surface area contributed by atoms with Gasteiger partial charge in [-0.25, -0.2) is 9.97 Å². The number of amides is 1. The minimum atomic E-state index is -0.325. The van der Waals surface area contributed by atoms with Gasteiger partial charge in [0.15, 0.2) is 5.82 Å². The van der Waals surface area contributed by atoms with E-state index in [4.69, 9.17) is 4.52 Å². The third-order valence-corrected chi connectivity index (χ3v) is 3.41. The molecular weight excluding hydrogens is 362 g/mol. The third-order valence-electron chi connectivity index (χ3n) is 2.89. The van der Waals surface area contributed by atoms with E-state index in [2.05, 4.69) is 41.7 Å². The first-order valence-electron chi connectivity index (χ1n) is 6.69. The Morgan fingerprint density at radius 2 is 1.91 bits per heavy atom. The van der Waals surface area contributed by atoms with Crippen LogP contribution in [-0.2, 0) is 0 Å². The second-order valence-electron chi connectivity index (χ2n) is 4.70. The summed E-state index contributed by atoms with van der Waals surface area (Å²) < 4.78 is 5.90. The van der Waals surface area contributed by atoms with Gasteiger partial charge in [-0.1, -0.05) is 21.1 Å². The van der Waals surface area contributed by atoms with Crippen LogP contribution >= 0.6 is 15.9 Å². The van der Waals surface area contributed by atoms with E-state index < -0.39 is 0 Å². The summed E-state index contributed by atoms with van der Waals surface area (Å²) in [6, 6.07) is 10.5. The van der Waals surface area contributed by atoms with Crippen molar-refractivity contribution in [2.75, 3.05) is 10.6 Å². The van der Waals surface area contributed by atoms with E-state index in [0.717, 1.165) is 4.47 Å². The molecule has 3 rings (SSSR count). The maximum absolute atomic E-state index is 12.2. The van der Waals surface area contributed by atoms with Crippen molar-refractivity contribution in [3.05, 3.63) is 58.7 Å². The van der Waals surface area contributed by atoms with Crippen molar-refractivity contribution in [3.8, 4) is 0 Å². The van der Waals surface area contributed by atoms with Crippen LogP contribution in [0.25, 0.3) is 0 Å². The molecule has 0 radical (unpaired) electrons. The standard InChI is InChI=1S/C15H12BrN5O2/c1-9-6-14(21-23-9)20-13-7-12(17-8-18-13)15(22)19-11-4-2-10(16)3-5-11/h2-8H,1H3,(H,19,22)(H,17,18,20,21). The van der Waals surface area contributed by atoms with E-state index in [-0.39, 0.29) is 11.6 Å². The normalized spacial score (nSPS) is 10.3. The minimum absolute atomic E-state index is 0.241. The summed E-state index contributed by atoms with van der Waals surface area (Å²) in [6.45, 7) is 1.79. The first-order valence-corrected chi connectivity index (χ1v) is 7.49. The van der Waals surface area contributed by atoms with Crippen LogP contribution in [0.15, 0.2) is 51.7 Å². The highest BCUT2D eigenvalue weighted by Gasteiger charge is 2.10. The number of anilines is 3. The van der Waals surface area contributed by atoms with Crippen LogP contribution in [0.2, 0.25) is 0 Å². The number of halogens is 1. The maximum Gasteiger partial charge on any atom is 0.274 e. The third kappa shape index (κ3) is 3.92. The number of nitrogens with one attached hydrogen (secondary N) is 2. The molecular formula is C15H12BrN5O2. The summed E-state index contributed by atoms with van der Waals surface area (Å²) in [6.07, 6.45) is 1.31. The lowest BCUT2D eigenvalue weighted by molar-refractivity contribution is 0.102. The molecule has 0 aliphatic carbocycles. The van der Waals surface area contributed by atoms with E-state index in [1.807, 2.05) is 12.1 Å². The van der Waals surface area contributed by atoms with E-state index in [9.17, 15) is 4.79 Å². The predicted molar refractivity (Wildman–Crippen MR) is 88.6 cm³/mol. The molecule has 1 amide bonds. The van der Waals surface area contributed by atoms with Gasteiger partial charge in [0.2, 0.25) is 0 Å². The highest BCUT2D eigenvalue weighted by Crippen LogP contribution is 2.17. The van der Waals surface area contributed by atoms with Gasteiger partial charge >= 0.3 is 0 Å². The Bertz CT molecular complexity index is 832. The number of nitrogens with zero attached hydrogens (tertiary/aromatic N) is 3. The first kappa shape index (κ1) is 15.2. The summed E-state index contributed by atoms with van der Waals surface area (Å²) in [4.78, 5) is 20.3. The molecule has 7 nitrogen and oxygen atoms in total. The van der Waals surface area contributed by atoms with Crippen LogP contribution in [0.1, 0.15) is 16.2 Å². The molecule has 3 aromatic rings. The Morgan fingerprint density at radius 1 is 1.13 bits per heavy atom. The molecule has 2 heterocycles. The van der Waals surface area contributed by atoms with Gasteiger partial charge in [0.05, 0.1) is 0 Å². The van der Waals surface area contributed by atoms with E-state index in [1.165, 1.54) is 12.4 Å². The molecule has 8 heteroatoms. The molecule has 0 spiro atoms. The summed E-state index contributed by atoms with van der Waals surface area (Å²) in [5.74, 6) is 1.32. The number of rotatable bonds is 4. The monoisotopic (exact) mass is 373 g/mol. The van der Waals surface area contributed by atoms with E-state index in [0.29, 0.717) is 23.1 Å². The maximum atomic E-state index is 12.2. The lowest BCUT2D eigenvalue weighted by atomic mass is 10.3. The molecule has 0 atom stereocenters. The highest BCUT2D eigenvalue weighted by atomic mass is 79.9. The molecule has 2 N–H and O–H groups in total. The fraction of sp³-hybridized carbons (Fsp3) is 0.0667. The molecule has 23 heavy (non-hydrogen) atoms. The summed E-state index contributed by atoms with van der Waals surface area (Å²) in [5, 5.41) is 9.53. The number of hydrogen-bond acceptors (Lipinski definition) is 6. The molecule has 0 aliphatic heterocycles. The van der Waals surface area contributed by atoms with Crippen LogP contribution in [0.3, 0.4) is 0 Å². The molecule has 0 saturated heterocycles. The molecule has 0 fully saturated rings. The predicted octanol–water partition coefficient (Wildman–Crippen LogP) is 3.53. The first-order chi connectivity index (χ1) is 11.1. The Balaban J connectivity index is 1.73. The van der Waals surface area contributed by atoms with Crippen LogP contribution < -0.4 is 10.6 Å². The zero-order valence-electron chi connectivity index (χ0n) is 12.1. The Morgan fingerprint density at radius 3 is 2.61 bits per heavy atom. The van der Waals surface area contributed by atoms with Gasteiger partial charge in [-0.2, -0.15) is 0 Å². The molecule has 2 aromatic heterocycles. The Kier molecular flexibility index (Phi) is 4.33. The lowest BCUT2D eigenvalue weighted by Crippen LogP contribution is -2.14. The largest absolute Gasteiger partial charge is 0.360 e. The lowest BCUT2D eigenvalue weighted by Gasteiger charge is -2.06. The quantitative estimate of drug-likeness (QED) is 0.726. The smallest absolute Gasteiger partial charge is 0.274 e. The number of aromatic nitrogens is 3. The van der Waals surface area contributed by atoms with Crippen molar-refractivity contribution in [2.24, 2.45) is 0 Å². The number of carbonyl (C=O) groups excluding carboxylic acids is 1. The second kappa shape index (κ2) is 6.57. The number of hydrogen-bond donors (Lipinski definition) is 2. The van der Waals surface area contributed by atoms with Gasteiger partial charge in [-0.3, -0.25) is 4.79 Å². The van der Waals surface area contributed by atoms with Crippen molar-refractivity contribution in [3.63, 3.8) is 0 Å². The van der Waals surface area contributed by atoms with Gasteiger partial charge in [-0.05, 0) is 31.2 Å². The van der Waals surface area contributed by atoms with Crippen LogP contribution in [-0.4, -0.2) is 21.0 Å². The van der Waals surface area contributed by atoms with Gasteiger partial charge in [0.1, 0.15) is 23.6 Å². The number of carbonyl (C=O) groups is 1. The molecule has 0 bridgehead atoms. The highest BCUT2D eigenvalue weighted by molar-refractivity contribution is 9.10. The van der Waals surface area contributed by atoms with Crippen molar-refractivity contribution in [1.29, 1.82) is 0 Å². The van der Waals surface area contributed by atoms with Crippen LogP contribution in [0, 0.1) is 6.92 Å². The topological polar surface area (TPSA) is 92.9 Å². The molecule has 1 aromatic carbocycles. The van der Waals surface area contributed by atoms with Gasteiger partial charge < -0.3 is 15.2 Å². The Hall–Kier alpha value is -2.74. The summed E-state index contributed by atoms with van der Waals surface area (Å²) >= 11 is 3.34. The second-order valence-corrected chi connectivity index (χ2v) is 5.61. The van der Waals surface area contributed by atoms with Crippen molar-refractivity contribution < 1.29 is 9.32 Å². The summed E-state index contributed by atoms with van der Waals surface area (Å²) in [7, 11) is 0. The zero-order valence-corrected chi connectivity index (χ0v) is 13.7. The Labute approximate surface area is 140 Å². The molecule has 0 aliphatic rings. The fourth-order valence-electron chi connectivity index (χ4n) is 1.83. The average molecular weight is 374 g/mol. The SMILES string of the molecule is Cc1cc(Nc2cc(C(=O)Nc3ccc(Br)cc3)ncn2)no1. The fourth-order valence-corrected chi connectivity index (χ4v) is 2.10. The molecule has 116 valence electrons. The summed E-state index contributed by atoms with van der Waals surface area (Å²) in [5.41, 5.74) is 0.920. The number of benzene rings is 1. The number of aryl methyl sites for hydroxylation is 1. The molecule has 0 saturated carbocycles. The van der Waals surface area contributed by atoms with Gasteiger partial charge in [0, 0.05) is 22.3 Å². The van der Waals surface area contributed by atoms with Gasteiger partial charge in [-0.15, -0.1) is 0 Å². The minimum Gasteiger partial charge on any atom is -0.360 e. The van der Waals surface area contributed by atoms with Crippen molar-refractivity contribution >= 4 is 39.2 Å². The zero-order chi connectivity index (χ0) is 16.2.